The number of unbranched alkanes of at least 4 members (excludes halogenated alkanes) is 1. The molecule has 0 bridgehead atoms. The lowest BCUT2D eigenvalue weighted by atomic mass is 10.1. The Morgan fingerprint density at radius 3 is 2.65 bits per heavy atom. The number of halogens is 1. The SMILES string of the molecule is C[C@@H](NS(=O)(=O)CCC/C=C/C1NC(=O)NC(=O)N1)c1ccc(F)c(OCC2CC2)c1. The molecule has 2 fully saturated rings. The first-order valence-corrected chi connectivity index (χ1v) is 11.8. The van der Waals surface area contributed by atoms with Crippen LogP contribution in [0.25, 0.3) is 0 Å². The number of hydrogen-bond acceptors (Lipinski definition) is 5. The topological polar surface area (TPSA) is 126 Å². The van der Waals surface area contributed by atoms with Gasteiger partial charge in [0.2, 0.25) is 10.0 Å². The van der Waals surface area contributed by atoms with E-state index in [-0.39, 0.29) is 11.5 Å². The highest BCUT2D eigenvalue weighted by molar-refractivity contribution is 7.89. The molecule has 0 unspecified atom stereocenters. The molecule has 1 saturated heterocycles. The quantitative estimate of drug-likeness (QED) is 0.302. The summed E-state index contributed by atoms with van der Waals surface area (Å²) in [6, 6.07) is 2.63. The first kappa shape index (κ1) is 23.0. The van der Waals surface area contributed by atoms with Gasteiger partial charge in [-0.1, -0.05) is 12.1 Å². The molecule has 1 heterocycles. The molecular formula is C20H27FN4O5S. The highest BCUT2D eigenvalue weighted by Crippen LogP contribution is 2.31. The van der Waals surface area contributed by atoms with E-state index in [1.807, 2.05) is 5.32 Å². The number of rotatable bonds is 11. The van der Waals surface area contributed by atoms with Crippen LogP contribution in [0, 0.1) is 11.7 Å². The second-order valence-corrected chi connectivity index (χ2v) is 9.60. The lowest BCUT2D eigenvalue weighted by Gasteiger charge is -2.22. The highest BCUT2D eigenvalue weighted by Gasteiger charge is 2.23. The number of imide groups is 1. The summed E-state index contributed by atoms with van der Waals surface area (Å²) in [4.78, 5) is 22.4. The smallest absolute Gasteiger partial charge is 0.324 e. The van der Waals surface area contributed by atoms with E-state index >= 15 is 0 Å². The fourth-order valence-electron chi connectivity index (χ4n) is 3.00. The normalized spacial score (nSPS) is 18.4. The molecule has 2 aliphatic rings. The molecule has 4 N–H and O–H groups in total. The Balaban J connectivity index is 1.45. The standard InChI is InChI=1S/C20H27FN4O5S/c1-13(15-8-9-16(21)17(11-15)30-12-14-6-7-14)25-31(28,29)10-4-2-3-5-18-22-19(26)24-20(27)23-18/h3,5,8-9,11,13-14,18,25H,2,4,6-7,10,12H2,1H3,(H3,22,23,24,26,27)/b5-3+/t13-/m1/s1. The molecule has 0 spiro atoms. The van der Waals surface area contributed by atoms with E-state index in [2.05, 4.69) is 15.4 Å². The number of urea groups is 2. The second-order valence-electron chi connectivity index (χ2n) is 7.72. The van der Waals surface area contributed by atoms with Crippen LogP contribution in [0.2, 0.25) is 0 Å². The molecule has 31 heavy (non-hydrogen) atoms. The predicted octanol–water partition coefficient (Wildman–Crippen LogP) is 2.28. The second kappa shape index (κ2) is 10.1. The summed E-state index contributed by atoms with van der Waals surface area (Å²) < 4.78 is 46.8. The van der Waals surface area contributed by atoms with Crippen LogP contribution in [-0.2, 0) is 10.0 Å². The van der Waals surface area contributed by atoms with Gasteiger partial charge in [-0.2, -0.15) is 0 Å². The van der Waals surface area contributed by atoms with Crippen molar-refractivity contribution in [2.24, 2.45) is 5.92 Å². The zero-order valence-corrected chi connectivity index (χ0v) is 18.0. The molecule has 3 rings (SSSR count). The van der Waals surface area contributed by atoms with Crippen molar-refractivity contribution in [1.82, 2.24) is 20.7 Å². The number of hydrogen-bond donors (Lipinski definition) is 4. The van der Waals surface area contributed by atoms with Crippen molar-refractivity contribution in [3.05, 3.63) is 41.7 Å². The molecule has 1 aliphatic carbocycles. The van der Waals surface area contributed by atoms with Gasteiger partial charge in [-0.15, -0.1) is 0 Å². The van der Waals surface area contributed by atoms with Crippen LogP contribution in [0.1, 0.15) is 44.2 Å². The van der Waals surface area contributed by atoms with Gasteiger partial charge in [-0.05, 0) is 62.3 Å². The van der Waals surface area contributed by atoms with Crippen molar-refractivity contribution in [1.29, 1.82) is 0 Å². The van der Waals surface area contributed by atoms with Gasteiger partial charge in [0, 0.05) is 6.04 Å². The summed E-state index contributed by atoms with van der Waals surface area (Å²) in [5, 5.41) is 7.01. The van der Waals surface area contributed by atoms with Crippen LogP contribution >= 0.6 is 0 Å². The molecule has 0 radical (unpaired) electrons. The van der Waals surface area contributed by atoms with Crippen LogP contribution in [0.5, 0.6) is 5.75 Å². The van der Waals surface area contributed by atoms with Crippen molar-refractivity contribution < 1.29 is 27.1 Å². The van der Waals surface area contributed by atoms with Gasteiger partial charge in [-0.3, -0.25) is 5.32 Å². The van der Waals surface area contributed by atoms with E-state index in [0.717, 1.165) is 12.8 Å². The molecule has 0 aromatic heterocycles. The number of carbonyl (C=O) groups is 2. The Kier molecular flexibility index (Phi) is 7.50. The van der Waals surface area contributed by atoms with Crippen LogP contribution in [-0.4, -0.2) is 39.0 Å². The average molecular weight is 455 g/mol. The molecule has 1 aromatic rings. The van der Waals surface area contributed by atoms with E-state index in [1.54, 1.807) is 19.1 Å². The number of sulfonamides is 1. The fourth-order valence-corrected chi connectivity index (χ4v) is 4.34. The summed E-state index contributed by atoms with van der Waals surface area (Å²) >= 11 is 0. The summed E-state index contributed by atoms with van der Waals surface area (Å²) in [6.45, 7) is 2.16. The number of benzene rings is 1. The van der Waals surface area contributed by atoms with Gasteiger partial charge < -0.3 is 15.4 Å². The Morgan fingerprint density at radius 1 is 1.26 bits per heavy atom. The first-order valence-electron chi connectivity index (χ1n) is 10.2. The van der Waals surface area contributed by atoms with Crippen molar-refractivity contribution in [3.8, 4) is 5.75 Å². The van der Waals surface area contributed by atoms with E-state index in [0.29, 0.717) is 30.9 Å². The van der Waals surface area contributed by atoms with Gasteiger partial charge >= 0.3 is 12.1 Å². The third-order valence-electron chi connectivity index (χ3n) is 4.90. The maximum absolute atomic E-state index is 13.9. The third-order valence-corrected chi connectivity index (χ3v) is 6.43. The highest BCUT2D eigenvalue weighted by atomic mass is 32.2. The zero-order chi connectivity index (χ0) is 22.4. The van der Waals surface area contributed by atoms with Crippen molar-refractivity contribution in [2.45, 2.75) is 44.8 Å². The minimum absolute atomic E-state index is 0.0984. The Hall–Kier alpha value is -2.66. The van der Waals surface area contributed by atoms with E-state index in [1.165, 1.54) is 18.2 Å². The molecule has 1 aromatic carbocycles. The summed E-state index contributed by atoms with van der Waals surface area (Å²) in [5.74, 6) is 0.0548. The summed E-state index contributed by atoms with van der Waals surface area (Å²) in [5.41, 5.74) is 0.619. The van der Waals surface area contributed by atoms with Crippen LogP contribution in [0.3, 0.4) is 0 Å². The largest absolute Gasteiger partial charge is 0.490 e. The molecular weight excluding hydrogens is 427 g/mol. The van der Waals surface area contributed by atoms with Crippen LogP contribution in [0.15, 0.2) is 30.4 Å². The Morgan fingerprint density at radius 2 is 1.97 bits per heavy atom. The Bertz CT molecular complexity index is 933. The Labute approximate surface area is 180 Å². The number of amides is 4. The maximum Gasteiger partial charge on any atom is 0.324 e. The molecule has 9 nitrogen and oxygen atoms in total. The average Bonchev–Trinajstić information content (AvgIpc) is 3.50. The van der Waals surface area contributed by atoms with Gasteiger partial charge in [0.25, 0.3) is 0 Å². The summed E-state index contributed by atoms with van der Waals surface area (Å²) in [7, 11) is -3.56. The summed E-state index contributed by atoms with van der Waals surface area (Å²) in [6.07, 6.45) is 5.62. The molecule has 4 amide bonds. The van der Waals surface area contributed by atoms with E-state index in [9.17, 15) is 22.4 Å². The zero-order valence-electron chi connectivity index (χ0n) is 17.2. The lowest BCUT2D eigenvalue weighted by molar-refractivity contribution is 0.213. The van der Waals surface area contributed by atoms with Gasteiger partial charge in [-0.25, -0.2) is 27.1 Å². The van der Waals surface area contributed by atoms with Gasteiger partial charge in [0.05, 0.1) is 12.4 Å². The maximum atomic E-state index is 13.9. The van der Waals surface area contributed by atoms with Crippen molar-refractivity contribution in [2.75, 3.05) is 12.4 Å². The van der Waals surface area contributed by atoms with E-state index in [4.69, 9.17) is 4.74 Å². The molecule has 1 saturated carbocycles. The number of ether oxygens (including phenoxy) is 1. The minimum Gasteiger partial charge on any atom is -0.490 e. The molecule has 1 aliphatic heterocycles. The van der Waals surface area contributed by atoms with Gasteiger partial charge in [0.1, 0.15) is 6.17 Å². The first-order chi connectivity index (χ1) is 14.7. The lowest BCUT2D eigenvalue weighted by Crippen LogP contribution is -2.60. The number of nitrogens with one attached hydrogen (secondary N) is 4. The molecule has 170 valence electrons. The number of allylic oxidation sites excluding steroid dienone is 1. The van der Waals surface area contributed by atoms with Crippen LogP contribution < -0.4 is 25.4 Å². The van der Waals surface area contributed by atoms with Crippen molar-refractivity contribution in [3.63, 3.8) is 0 Å². The van der Waals surface area contributed by atoms with Crippen LogP contribution in [0.4, 0.5) is 14.0 Å². The van der Waals surface area contributed by atoms with Crippen molar-refractivity contribution >= 4 is 22.1 Å². The third kappa shape index (κ3) is 7.51. The fraction of sp³-hybridized carbons (Fsp3) is 0.500. The monoisotopic (exact) mass is 454 g/mol. The van der Waals surface area contributed by atoms with Gasteiger partial charge in [0.15, 0.2) is 11.6 Å². The predicted molar refractivity (Wildman–Crippen MR) is 112 cm³/mol. The molecule has 11 heteroatoms. The van der Waals surface area contributed by atoms with E-state index < -0.39 is 40.1 Å². The number of carbonyl (C=O) groups excluding carboxylic acids is 2. The minimum atomic E-state index is -3.56. The molecule has 1 atom stereocenters.